The Kier molecular flexibility index (Phi) is 3.23. The highest BCUT2D eigenvalue weighted by Gasteiger charge is 2.01. The monoisotopic (exact) mass is 285 g/mol. The maximum Gasteiger partial charge on any atom is 0.140 e. The van der Waals surface area contributed by atoms with E-state index in [-0.39, 0.29) is 5.75 Å². The maximum atomic E-state index is 9.21. The molecule has 0 amide bonds. The van der Waals surface area contributed by atoms with Gasteiger partial charge in [-0.05, 0) is 28.1 Å². The normalized spacial score (nSPS) is 10.2. The van der Waals surface area contributed by atoms with Crippen LogP contribution in [0.3, 0.4) is 0 Å². The van der Waals surface area contributed by atoms with Gasteiger partial charge in [-0.25, -0.2) is 4.98 Å². The van der Waals surface area contributed by atoms with Crippen molar-refractivity contribution in [2.75, 3.05) is 0 Å². The summed E-state index contributed by atoms with van der Waals surface area (Å²) in [5.74, 6) is 0.842. The van der Waals surface area contributed by atoms with Gasteiger partial charge in [0.15, 0.2) is 0 Å². The molecule has 1 heterocycles. The van der Waals surface area contributed by atoms with Crippen LogP contribution < -0.4 is 4.74 Å². The minimum absolute atomic E-state index is 0.202. The smallest absolute Gasteiger partial charge is 0.140 e. The lowest BCUT2D eigenvalue weighted by Crippen LogP contribution is -1.93. The molecule has 0 atom stereocenters. The molecule has 0 spiro atoms. The molecule has 0 saturated carbocycles. The third kappa shape index (κ3) is 2.94. The molecule has 1 aromatic carbocycles. The number of phenols is 1. The van der Waals surface area contributed by atoms with Gasteiger partial charge in [0, 0.05) is 6.07 Å². The van der Waals surface area contributed by atoms with E-state index in [1.165, 1.54) is 11.3 Å². The number of ether oxygens (including phenoxy) is 1. The van der Waals surface area contributed by atoms with Crippen molar-refractivity contribution in [1.29, 1.82) is 0 Å². The maximum absolute atomic E-state index is 9.21. The van der Waals surface area contributed by atoms with E-state index < -0.39 is 0 Å². The van der Waals surface area contributed by atoms with E-state index in [1.54, 1.807) is 30.5 Å². The molecule has 0 bridgehead atoms. The van der Waals surface area contributed by atoms with E-state index in [9.17, 15) is 5.11 Å². The number of aromatic hydroxyl groups is 1. The molecule has 2 aromatic rings. The molecule has 0 saturated heterocycles. The zero-order valence-corrected chi connectivity index (χ0v) is 10.1. The van der Waals surface area contributed by atoms with Crippen LogP contribution in [0.4, 0.5) is 0 Å². The van der Waals surface area contributed by atoms with Crippen molar-refractivity contribution in [3.05, 3.63) is 39.3 Å². The Hall–Kier alpha value is -1.07. The average Bonchev–Trinajstić information content (AvgIpc) is 2.62. The highest BCUT2D eigenvalue weighted by Crippen LogP contribution is 2.22. The molecule has 78 valence electrons. The number of hydrogen-bond acceptors (Lipinski definition) is 4. The fourth-order valence-electron chi connectivity index (χ4n) is 1.07. The molecule has 0 aliphatic carbocycles. The summed E-state index contributed by atoms with van der Waals surface area (Å²) >= 11 is 4.86. The Balaban J connectivity index is 1.99. The van der Waals surface area contributed by atoms with Gasteiger partial charge in [-0.2, -0.15) is 0 Å². The Morgan fingerprint density at radius 3 is 3.00 bits per heavy atom. The number of phenolic OH excluding ortho intramolecular Hbond substituents is 1. The molecular formula is C10H8BrNO2S. The van der Waals surface area contributed by atoms with Gasteiger partial charge in [-0.3, -0.25) is 0 Å². The summed E-state index contributed by atoms with van der Waals surface area (Å²) in [6.07, 6.45) is 1.74. The lowest BCUT2D eigenvalue weighted by molar-refractivity contribution is 0.304. The second-order valence-electron chi connectivity index (χ2n) is 2.84. The molecule has 0 fully saturated rings. The molecule has 0 aliphatic rings. The highest BCUT2D eigenvalue weighted by atomic mass is 79.9. The van der Waals surface area contributed by atoms with Gasteiger partial charge in [0.2, 0.25) is 0 Å². The quantitative estimate of drug-likeness (QED) is 0.942. The van der Waals surface area contributed by atoms with Crippen LogP contribution >= 0.6 is 27.3 Å². The van der Waals surface area contributed by atoms with E-state index in [1.807, 2.05) is 0 Å². The number of benzene rings is 1. The van der Waals surface area contributed by atoms with Crippen LogP contribution in [0, 0.1) is 0 Å². The van der Waals surface area contributed by atoms with E-state index in [2.05, 4.69) is 20.9 Å². The lowest BCUT2D eigenvalue weighted by Gasteiger charge is -2.03. The zero-order chi connectivity index (χ0) is 10.7. The molecule has 1 N–H and O–H groups in total. The zero-order valence-electron chi connectivity index (χ0n) is 7.68. The fourth-order valence-corrected chi connectivity index (χ4v) is 2.29. The van der Waals surface area contributed by atoms with Crippen LogP contribution in [0.1, 0.15) is 5.01 Å². The van der Waals surface area contributed by atoms with Crippen LogP contribution in [0.2, 0.25) is 0 Å². The van der Waals surface area contributed by atoms with Crippen LogP contribution in [0.25, 0.3) is 0 Å². The summed E-state index contributed by atoms with van der Waals surface area (Å²) in [7, 11) is 0. The van der Waals surface area contributed by atoms with Crippen LogP contribution in [0.15, 0.2) is 34.2 Å². The first-order valence-corrected chi connectivity index (χ1v) is 5.87. The van der Waals surface area contributed by atoms with Gasteiger partial charge in [-0.15, -0.1) is 11.3 Å². The van der Waals surface area contributed by atoms with Gasteiger partial charge in [0.1, 0.15) is 23.1 Å². The molecule has 0 unspecified atom stereocenters. The van der Waals surface area contributed by atoms with E-state index in [0.717, 1.165) is 8.79 Å². The van der Waals surface area contributed by atoms with Crippen molar-refractivity contribution >= 4 is 27.3 Å². The van der Waals surface area contributed by atoms with Crippen molar-refractivity contribution < 1.29 is 9.84 Å². The Morgan fingerprint density at radius 2 is 2.33 bits per heavy atom. The number of rotatable bonds is 3. The van der Waals surface area contributed by atoms with Gasteiger partial charge in [-0.1, -0.05) is 6.07 Å². The first-order chi connectivity index (χ1) is 7.24. The van der Waals surface area contributed by atoms with Crippen molar-refractivity contribution in [2.24, 2.45) is 0 Å². The first-order valence-electron chi connectivity index (χ1n) is 4.26. The van der Waals surface area contributed by atoms with Gasteiger partial charge >= 0.3 is 0 Å². The first kappa shape index (κ1) is 10.4. The number of thiazole rings is 1. The van der Waals surface area contributed by atoms with E-state index in [4.69, 9.17) is 4.74 Å². The Morgan fingerprint density at radius 1 is 1.47 bits per heavy atom. The third-order valence-electron chi connectivity index (χ3n) is 1.71. The third-order valence-corrected chi connectivity index (χ3v) is 3.15. The molecule has 5 heteroatoms. The number of aromatic nitrogens is 1. The molecule has 0 radical (unpaired) electrons. The Labute approximate surface area is 99.5 Å². The van der Waals surface area contributed by atoms with Crippen molar-refractivity contribution in [2.45, 2.75) is 6.61 Å². The van der Waals surface area contributed by atoms with Crippen LogP contribution in [-0.4, -0.2) is 10.1 Å². The van der Waals surface area contributed by atoms with Gasteiger partial charge in [0.25, 0.3) is 0 Å². The topological polar surface area (TPSA) is 42.4 Å². The highest BCUT2D eigenvalue weighted by molar-refractivity contribution is 9.11. The Bertz CT molecular complexity index is 458. The predicted molar refractivity (Wildman–Crippen MR) is 62.3 cm³/mol. The summed E-state index contributed by atoms with van der Waals surface area (Å²) in [4.78, 5) is 4.14. The SMILES string of the molecule is Oc1cccc(OCc2ncc(Br)s2)c1. The largest absolute Gasteiger partial charge is 0.508 e. The minimum atomic E-state index is 0.202. The molecular weight excluding hydrogens is 278 g/mol. The molecule has 2 rings (SSSR count). The van der Waals surface area contributed by atoms with E-state index in [0.29, 0.717) is 12.4 Å². The molecule has 0 aliphatic heterocycles. The summed E-state index contributed by atoms with van der Waals surface area (Å²) in [5.41, 5.74) is 0. The van der Waals surface area contributed by atoms with Crippen molar-refractivity contribution in [3.8, 4) is 11.5 Å². The lowest BCUT2D eigenvalue weighted by atomic mass is 10.3. The molecule has 1 aromatic heterocycles. The molecule has 15 heavy (non-hydrogen) atoms. The van der Waals surface area contributed by atoms with Gasteiger partial charge in [0.05, 0.1) is 9.98 Å². The minimum Gasteiger partial charge on any atom is -0.508 e. The number of nitrogens with zero attached hydrogens (tertiary/aromatic N) is 1. The summed E-state index contributed by atoms with van der Waals surface area (Å²) in [6, 6.07) is 6.71. The van der Waals surface area contributed by atoms with Gasteiger partial charge < -0.3 is 9.84 Å². The average molecular weight is 286 g/mol. The summed E-state index contributed by atoms with van der Waals surface area (Å²) < 4.78 is 6.44. The van der Waals surface area contributed by atoms with Crippen LogP contribution in [-0.2, 0) is 6.61 Å². The summed E-state index contributed by atoms with van der Waals surface area (Å²) in [6.45, 7) is 0.416. The standard InChI is InChI=1S/C10H8BrNO2S/c11-9-5-12-10(15-9)6-14-8-3-1-2-7(13)4-8/h1-5,13H,6H2. The summed E-state index contributed by atoms with van der Waals surface area (Å²) in [5, 5.41) is 10.1. The second kappa shape index (κ2) is 4.63. The number of hydrogen-bond donors (Lipinski definition) is 1. The predicted octanol–water partition coefficient (Wildman–Crippen LogP) is 3.19. The number of halogens is 1. The van der Waals surface area contributed by atoms with E-state index >= 15 is 0 Å². The molecule has 3 nitrogen and oxygen atoms in total. The van der Waals surface area contributed by atoms with Crippen LogP contribution in [0.5, 0.6) is 11.5 Å². The second-order valence-corrected chi connectivity index (χ2v) is 5.34. The fraction of sp³-hybridized carbons (Fsp3) is 0.100. The van der Waals surface area contributed by atoms with Crippen molar-refractivity contribution in [3.63, 3.8) is 0 Å². The van der Waals surface area contributed by atoms with Crippen molar-refractivity contribution in [1.82, 2.24) is 4.98 Å².